The van der Waals surface area contributed by atoms with Crippen LogP contribution in [0.2, 0.25) is 0 Å². The van der Waals surface area contributed by atoms with Crippen molar-refractivity contribution in [1.82, 2.24) is 5.32 Å². The van der Waals surface area contributed by atoms with Crippen molar-refractivity contribution in [1.29, 1.82) is 0 Å². The van der Waals surface area contributed by atoms with Crippen LogP contribution in [0.5, 0.6) is 0 Å². The SMILES string of the molecule is CC1(C)CC12CNC2. The number of nitrogens with one attached hydrogen (secondary N) is 1. The maximum atomic E-state index is 3.32. The molecule has 1 aliphatic carbocycles. The van der Waals surface area contributed by atoms with Gasteiger partial charge in [-0.25, -0.2) is 0 Å². The summed E-state index contributed by atoms with van der Waals surface area (Å²) in [4.78, 5) is 0. The van der Waals surface area contributed by atoms with Crippen molar-refractivity contribution in [3.05, 3.63) is 0 Å². The summed E-state index contributed by atoms with van der Waals surface area (Å²) in [7, 11) is 0. The number of hydrogen-bond donors (Lipinski definition) is 1. The van der Waals surface area contributed by atoms with Crippen LogP contribution in [0.1, 0.15) is 20.3 Å². The summed E-state index contributed by atoms with van der Waals surface area (Å²) in [6, 6.07) is 0. The van der Waals surface area contributed by atoms with Gasteiger partial charge in [-0.15, -0.1) is 0 Å². The first kappa shape index (κ1) is 4.80. The molecule has 1 heteroatoms. The lowest BCUT2D eigenvalue weighted by atomic mass is 9.90. The minimum Gasteiger partial charge on any atom is -0.315 e. The normalized spacial score (nSPS) is 36.8. The molecule has 1 spiro atoms. The fourth-order valence-electron chi connectivity index (χ4n) is 1.83. The third-order valence-corrected chi connectivity index (χ3v) is 3.02. The van der Waals surface area contributed by atoms with Crippen molar-refractivity contribution in [3.8, 4) is 0 Å². The molecule has 0 radical (unpaired) electrons. The molecule has 1 nitrogen and oxygen atoms in total. The summed E-state index contributed by atoms with van der Waals surface area (Å²) < 4.78 is 0. The van der Waals surface area contributed by atoms with Crippen LogP contribution in [0, 0.1) is 10.8 Å². The highest BCUT2D eigenvalue weighted by Crippen LogP contribution is 2.65. The van der Waals surface area contributed by atoms with Crippen LogP contribution >= 0.6 is 0 Å². The summed E-state index contributed by atoms with van der Waals surface area (Å²) in [5.41, 5.74) is 1.44. The first-order valence-electron chi connectivity index (χ1n) is 3.37. The van der Waals surface area contributed by atoms with Crippen molar-refractivity contribution in [2.75, 3.05) is 13.1 Å². The minimum absolute atomic E-state index is 0.679. The second-order valence-electron chi connectivity index (χ2n) is 3.94. The zero-order valence-electron chi connectivity index (χ0n) is 5.62. The Bertz CT molecular complexity index is 122. The van der Waals surface area contributed by atoms with Crippen molar-refractivity contribution < 1.29 is 0 Å². The molecule has 1 saturated heterocycles. The van der Waals surface area contributed by atoms with E-state index < -0.39 is 0 Å². The summed E-state index contributed by atoms with van der Waals surface area (Å²) >= 11 is 0. The fraction of sp³-hybridized carbons (Fsp3) is 1.00. The van der Waals surface area contributed by atoms with E-state index in [1.807, 2.05) is 0 Å². The Morgan fingerprint density at radius 1 is 1.25 bits per heavy atom. The topological polar surface area (TPSA) is 12.0 Å². The second kappa shape index (κ2) is 0.971. The largest absolute Gasteiger partial charge is 0.315 e. The highest BCUT2D eigenvalue weighted by atomic mass is 15.0. The molecule has 0 aromatic heterocycles. The zero-order chi connectivity index (χ0) is 5.83. The minimum atomic E-state index is 0.679. The van der Waals surface area contributed by atoms with Gasteiger partial charge in [0.1, 0.15) is 0 Å². The smallest absolute Gasteiger partial charge is 0.00256 e. The lowest BCUT2D eigenvalue weighted by Crippen LogP contribution is -2.46. The van der Waals surface area contributed by atoms with Gasteiger partial charge in [-0.1, -0.05) is 13.8 Å². The van der Waals surface area contributed by atoms with Crippen molar-refractivity contribution >= 4 is 0 Å². The molecule has 2 aliphatic rings. The predicted octanol–water partition coefficient (Wildman–Crippen LogP) is 1.01. The van der Waals surface area contributed by atoms with Crippen molar-refractivity contribution in [2.24, 2.45) is 10.8 Å². The highest BCUT2D eigenvalue weighted by Gasteiger charge is 2.63. The van der Waals surface area contributed by atoms with E-state index in [2.05, 4.69) is 19.2 Å². The standard InChI is InChI=1S/C7H13N/c1-6(2)3-7(6)4-8-5-7/h8H,3-5H2,1-2H3. The zero-order valence-corrected chi connectivity index (χ0v) is 5.62. The maximum Gasteiger partial charge on any atom is 0.00256 e. The maximum absolute atomic E-state index is 3.32. The predicted molar refractivity (Wildman–Crippen MR) is 33.7 cm³/mol. The van der Waals surface area contributed by atoms with Gasteiger partial charge in [-0.2, -0.15) is 0 Å². The molecule has 8 heavy (non-hydrogen) atoms. The third kappa shape index (κ3) is 0.334. The monoisotopic (exact) mass is 111 g/mol. The van der Waals surface area contributed by atoms with Gasteiger partial charge in [0.15, 0.2) is 0 Å². The Hall–Kier alpha value is -0.0400. The average molecular weight is 111 g/mol. The highest BCUT2D eigenvalue weighted by molar-refractivity contribution is 5.16. The average Bonchev–Trinajstić information content (AvgIpc) is 2.05. The van der Waals surface area contributed by atoms with Gasteiger partial charge in [-0.05, 0) is 11.8 Å². The molecule has 0 aromatic rings. The third-order valence-electron chi connectivity index (χ3n) is 3.02. The molecular weight excluding hydrogens is 98.1 g/mol. The van der Waals surface area contributed by atoms with Crippen LogP contribution < -0.4 is 5.32 Å². The van der Waals surface area contributed by atoms with Crippen LogP contribution in [0.3, 0.4) is 0 Å². The van der Waals surface area contributed by atoms with Gasteiger partial charge in [0.2, 0.25) is 0 Å². The molecule has 1 saturated carbocycles. The van der Waals surface area contributed by atoms with Crippen molar-refractivity contribution in [3.63, 3.8) is 0 Å². The second-order valence-corrected chi connectivity index (χ2v) is 3.94. The van der Waals surface area contributed by atoms with Gasteiger partial charge in [0.25, 0.3) is 0 Å². The van der Waals surface area contributed by atoms with Crippen LogP contribution in [0.15, 0.2) is 0 Å². The van der Waals surface area contributed by atoms with Gasteiger partial charge < -0.3 is 5.32 Å². The first-order chi connectivity index (χ1) is 3.66. The Kier molecular flexibility index (Phi) is 0.583. The van der Waals surface area contributed by atoms with Gasteiger partial charge in [0.05, 0.1) is 0 Å². The van der Waals surface area contributed by atoms with E-state index in [-0.39, 0.29) is 0 Å². The lowest BCUT2D eigenvalue weighted by Gasteiger charge is -2.30. The first-order valence-corrected chi connectivity index (χ1v) is 3.37. The number of rotatable bonds is 0. The van der Waals surface area contributed by atoms with Gasteiger partial charge in [-0.3, -0.25) is 0 Å². The summed E-state index contributed by atoms with van der Waals surface area (Å²) in [5.74, 6) is 0. The Morgan fingerprint density at radius 3 is 1.75 bits per heavy atom. The number of hydrogen-bond acceptors (Lipinski definition) is 1. The van der Waals surface area contributed by atoms with Crippen molar-refractivity contribution in [2.45, 2.75) is 20.3 Å². The summed E-state index contributed by atoms with van der Waals surface area (Å²) in [5, 5.41) is 3.32. The molecule has 46 valence electrons. The summed E-state index contributed by atoms with van der Waals surface area (Å²) in [6.07, 6.45) is 1.45. The molecule has 1 N–H and O–H groups in total. The van der Waals surface area contributed by atoms with Crippen LogP contribution in [-0.4, -0.2) is 13.1 Å². The Morgan fingerprint density at radius 2 is 1.75 bits per heavy atom. The Balaban J connectivity index is 2.12. The van der Waals surface area contributed by atoms with E-state index >= 15 is 0 Å². The quantitative estimate of drug-likeness (QED) is 0.492. The molecular formula is C7H13N. The lowest BCUT2D eigenvalue weighted by molar-refractivity contribution is 0.254. The fourth-order valence-corrected chi connectivity index (χ4v) is 1.83. The molecule has 1 heterocycles. The van der Waals surface area contributed by atoms with E-state index in [9.17, 15) is 0 Å². The van der Waals surface area contributed by atoms with E-state index in [1.165, 1.54) is 19.5 Å². The molecule has 2 fully saturated rings. The van der Waals surface area contributed by atoms with E-state index in [1.54, 1.807) is 0 Å². The van der Waals surface area contributed by atoms with Crippen LogP contribution in [0.25, 0.3) is 0 Å². The Labute approximate surface area is 50.5 Å². The van der Waals surface area contributed by atoms with E-state index in [0.29, 0.717) is 5.41 Å². The molecule has 0 aromatic carbocycles. The van der Waals surface area contributed by atoms with E-state index in [4.69, 9.17) is 0 Å². The molecule has 2 rings (SSSR count). The summed E-state index contributed by atoms with van der Waals surface area (Å²) in [6.45, 7) is 7.29. The van der Waals surface area contributed by atoms with Gasteiger partial charge in [0, 0.05) is 18.5 Å². The van der Waals surface area contributed by atoms with E-state index in [0.717, 1.165) is 5.41 Å². The molecule has 0 bridgehead atoms. The van der Waals surface area contributed by atoms with Gasteiger partial charge >= 0.3 is 0 Å². The van der Waals surface area contributed by atoms with Crippen LogP contribution in [-0.2, 0) is 0 Å². The molecule has 0 atom stereocenters. The molecule has 0 unspecified atom stereocenters. The van der Waals surface area contributed by atoms with Crippen LogP contribution in [0.4, 0.5) is 0 Å². The molecule has 1 aliphatic heterocycles. The molecule has 0 amide bonds.